The largest absolute Gasteiger partial charge is 0.457 e. The molecule has 0 aromatic heterocycles. The van der Waals surface area contributed by atoms with Gasteiger partial charge >= 0.3 is 0 Å². The van der Waals surface area contributed by atoms with Gasteiger partial charge < -0.3 is 19.1 Å². The van der Waals surface area contributed by atoms with Crippen molar-refractivity contribution in [2.45, 2.75) is 29.1 Å². The van der Waals surface area contributed by atoms with Crippen LogP contribution in [0.25, 0.3) is 33.4 Å². The van der Waals surface area contributed by atoms with Crippen LogP contribution in [0, 0.1) is 0 Å². The third kappa shape index (κ3) is 5.20. The van der Waals surface area contributed by atoms with E-state index in [0.29, 0.717) is 0 Å². The van der Waals surface area contributed by atoms with Crippen molar-refractivity contribution in [3.8, 4) is 62.1 Å². The van der Waals surface area contributed by atoms with Crippen LogP contribution in [0.2, 0.25) is 0 Å². The second kappa shape index (κ2) is 15.6. The Kier molecular flexibility index (Phi) is 8.55. The highest BCUT2D eigenvalue weighted by molar-refractivity contribution is 6.07. The maximum atomic E-state index is 6.91. The van der Waals surface area contributed by atoms with Crippen molar-refractivity contribution >= 4 is 17.1 Å². The molecule has 79 heavy (non-hydrogen) atoms. The predicted molar refractivity (Wildman–Crippen MR) is 314 cm³/mol. The highest BCUT2D eigenvalue weighted by Gasteiger charge is 2.56. The molecule has 3 spiro atoms. The van der Waals surface area contributed by atoms with E-state index < -0.39 is 16.2 Å². The van der Waals surface area contributed by atoms with Gasteiger partial charge in [0.15, 0.2) is 0 Å². The van der Waals surface area contributed by atoms with Gasteiger partial charge in [-0.2, -0.15) is 0 Å². The summed E-state index contributed by atoms with van der Waals surface area (Å²) >= 11 is 0. The first-order chi connectivity index (χ1) is 39.2. The first-order valence-electron chi connectivity index (χ1n) is 27.6. The number of fused-ring (bicyclic) bond motifs is 26. The Labute approximate surface area is 458 Å². The molecule has 370 valence electrons. The third-order valence-corrected chi connectivity index (χ3v) is 18.6. The molecule has 11 aromatic rings. The van der Waals surface area contributed by atoms with E-state index in [1.54, 1.807) is 0 Å². The first-order valence-corrected chi connectivity index (χ1v) is 27.6. The van der Waals surface area contributed by atoms with E-state index in [9.17, 15) is 0 Å². The van der Waals surface area contributed by atoms with Crippen molar-refractivity contribution in [1.82, 2.24) is 0 Å². The van der Waals surface area contributed by atoms with Gasteiger partial charge in [0.25, 0.3) is 0 Å². The van der Waals surface area contributed by atoms with Gasteiger partial charge in [-0.1, -0.05) is 206 Å². The van der Waals surface area contributed by atoms with Crippen LogP contribution in [0.15, 0.2) is 272 Å². The molecule has 0 saturated carbocycles. The van der Waals surface area contributed by atoms with Gasteiger partial charge in [0.1, 0.15) is 34.5 Å². The fraction of sp³-hybridized carbons (Fsp3) is 0.0667. The molecule has 4 heteroatoms. The molecule has 7 aliphatic rings. The maximum Gasteiger partial charge on any atom is 0.132 e. The van der Waals surface area contributed by atoms with Gasteiger partial charge in [-0.3, -0.25) is 0 Å². The van der Waals surface area contributed by atoms with Crippen LogP contribution in [0.5, 0.6) is 28.7 Å². The number of benzene rings is 11. The number of allylic oxidation sites excluding steroid dienone is 3. The Hall–Kier alpha value is -9.90. The maximum absolute atomic E-state index is 6.91. The number of rotatable bonds is 3. The lowest BCUT2D eigenvalue weighted by Crippen LogP contribution is -2.35. The van der Waals surface area contributed by atoms with Gasteiger partial charge in [0.2, 0.25) is 0 Å². The van der Waals surface area contributed by atoms with E-state index in [-0.39, 0.29) is 0 Å². The van der Waals surface area contributed by atoms with E-state index in [4.69, 9.17) is 14.2 Å². The second-order valence-electron chi connectivity index (χ2n) is 21.9. The topological polar surface area (TPSA) is 30.9 Å². The van der Waals surface area contributed by atoms with Crippen molar-refractivity contribution in [1.29, 1.82) is 0 Å². The first kappa shape index (κ1) is 43.2. The molecule has 0 amide bonds. The van der Waals surface area contributed by atoms with Crippen molar-refractivity contribution in [3.63, 3.8) is 0 Å². The van der Waals surface area contributed by atoms with Crippen molar-refractivity contribution in [2.24, 2.45) is 0 Å². The van der Waals surface area contributed by atoms with Crippen LogP contribution < -0.4 is 19.1 Å². The summed E-state index contributed by atoms with van der Waals surface area (Å²) in [6, 6.07) is 92.2. The normalized spacial score (nSPS) is 17.5. The zero-order valence-electron chi connectivity index (χ0n) is 42.9. The summed E-state index contributed by atoms with van der Waals surface area (Å²) < 4.78 is 20.6. The summed E-state index contributed by atoms with van der Waals surface area (Å²) in [6.07, 6.45) is 6.32. The van der Waals surface area contributed by atoms with Crippen molar-refractivity contribution in [3.05, 3.63) is 333 Å². The minimum atomic E-state index is -0.678. The summed E-state index contributed by atoms with van der Waals surface area (Å²) in [7, 11) is 0. The van der Waals surface area contributed by atoms with Crippen LogP contribution >= 0.6 is 0 Å². The fourth-order valence-corrected chi connectivity index (χ4v) is 15.9. The van der Waals surface area contributed by atoms with Crippen molar-refractivity contribution < 1.29 is 14.2 Å². The lowest BCUT2D eigenvalue weighted by atomic mass is 9.64. The molecule has 4 nitrogen and oxygen atoms in total. The summed E-state index contributed by atoms with van der Waals surface area (Å²) in [5.41, 5.74) is 23.1. The minimum Gasteiger partial charge on any atom is -0.457 e. The minimum absolute atomic E-state index is 0.599. The summed E-state index contributed by atoms with van der Waals surface area (Å²) in [5, 5.41) is 0. The molecule has 4 aliphatic carbocycles. The average Bonchev–Trinajstić information content (AvgIpc) is 3.68. The van der Waals surface area contributed by atoms with Gasteiger partial charge in [-0.25, -0.2) is 0 Å². The van der Waals surface area contributed by atoms with Crippen LogP contribution in [-0.2, 0) is 16.2 Å². The van der Waals surface area contributed by atoms with Crippen LogP contribution in [0.4, 0.5) is 17.1 Å². The molecular weight excluding hydrogens is 963 g/mol. The number of ether oxygens (including phenoxy) is 3. The molecule has 0 N–H and O–H groups in total. The van der Waals surface area contributed by atoms with E-state index in [2.05, 4.69) is 266 Å². The monoisotopic (exact) mass is 1010 g/mol. The lowest BCUT2D eigenvalue weighted by Gasteiger charge is -2.42. The number of hydrogen-bond acceptors (Lipinski definition) is 4. The molecule has 3 heterocycles. The van der Waals surface area contributed by atoms with E-state index in [0.717, 1.165) is 86.7 Å². The molecule has 0 bridgehead atoms. The second-order valence-corrected chi connectivity index (χ2v) is 21.9. The molecular formula is C75H47NO3. The van der Waals surface area contributed by atoms with Gasteiger partial charge in [0, 0.05) is 44.5 Å². The Morgan fingerprint density at radius 3 is 0.987 bits per heavy atom. The third-order valence-electron chi connectivity index (χ3n) is 18.6. The quantitative estimate of drug-likeness (QED) is 0.176. The summed E-state index contributed by atoms with van der Waals surface area (Å²) in [5.74, 6) is 5.34. The van der Waals surface area contributed by atoms with E-state index in [1.165, 1.54) is 77.9 Å². The molecule has 3 aliphatic heterocycles. The molecule has 1 unspecified atom stereocenters. The van der Waals surface area contributed by atoms with Crippen LogP contribution in [-0.4, -0.2) is 0 Å². The molecule has 0 radical (unpaired) electrons. The van der Waals surface area contributed by atoms with Crippen LogP contribution in [0.1, 0.15) is 74.0 Å². The number of nitrogens with zero attached hydrogens (tertiary/aromatic N) is 1. The molecule has 11 aromatic carbocycles. The molecule has 0 saturated heterocycles. The highest BCUT2D eigenvalue weighted by atomic mass is 16.5. The Bertz CT molecular complexity index is 4290. The van der Waals surface area contributed by atoms with E-state index in [1.807, 2.05) is 0 Å². The predicted octanol–water partition coefficient (Wildman–Crippen LogP) is 18.4. The Morgan fingerprint density at radius 2 is 0.582 bits per heavy atom. The average molecular weight is 1010 g/mol. The fourth-order valence-electron chi connectivity index (χ4n) is 15.9. The Morgan fingerprint density at radius 1 is 0.278 bits per heavy atom. The zero-order chi connectivity index (χ0) is 51.6. The Balaban J connectivity index is 1.00. The van der Waals surface area contributed by atoms with Crippen LogP contribution in [0.3, 0.4) is 0 Å². The van der Waals surface area contributed by atoms with Gasteiger partial charge in [0.05, 0.1) is 33.3 Å². The van der Waals surface area contributed by atoms with E-state index >= 15 is 0 Å². The summed E-state index contributed by atoms with van der Waals surface area (Å²) in [6.45, 7) is 0. The number of para-hydroxylation sites is 5. The van der Waals surface area contributed by atoms with Gasteiger partial charge in [-0.05, 0) is 123 Å². The van der Waals surface area contributed by atoms with Crippen molar-refractivity contribution in [2.75, 3.05) is 4.90 Å². The smallest absolute Gasteiger partial charge is 0.132 e. The highest BCUT2D eigenvalue weighted by Crippen LogP contribution is 2.69. The molecule has 1 atom stereocenters. The lowest BCUT2D eigenvalue weighted by molar-refractivity contribution is 0.389. The number of hydrogen-bond donors (Lipinski definition) is 0. The molecule has 0 fully saturated rings. The summed E-state index contributed by atoms with van der Waals surface area (Å²) in [4.78, 5) is 2.66. The molecule has 18 rings (SSSR count). The number of anilines is 3. The SMILES string of the molecule is C1=CC2=C(CC1)C1(c3ccccc3O2)c2ccccc2-c2c(N(c3cccc4c3-c3ccccc3C43c4ccccc4Oc4ccccc43)c3cccc4c3-c3ccccc3C43c4ccccc4Oc4ccccc43)cccc21. The van der Waals surface area contributed by atoms with Gasteiger partial charge in [-0.15, -0.1) is 0 Å². The standard InChI is InChI=1S/C75H47NO3/c1-4-25-49-46(22-1)70-58(73(49)52-28-7-13-40-64(52)77-65-41-14-8-29-53(65)73)34-19-37-61(70)76(62-38-20-35-59-71(62)47-23-2-5-26-50(47)74(59)54-30-9-15-42-66(54)78-67-43-16-10-31-55(67)74)63-39-21-36-60-72(63)48-24-3-6-27-51(48)75(60)56-32-11-17-44-68(56)79-69-45-18-12-33-57(69)75/h1-11,13-32,34-45H,12,33H2. The zero-order valence-corrected chi connectivity index (χ0v) is 42.9.